The molecule has 1 fully saturated rings. The molecular formula is C11H9Cl2NO3. The molecule has 0 aliphatic heterocycles. The standard InChI is InChI=1S/C11H9Cl2NO3/c12-7-3-1-2-5(8(7)13)9(15)6-4-11(6,14)10(16)17/h1-3,6H,4,14H2,(H,16,17). The molecule has 0 amide bonds. The maximum atomic E-state index is 12.0. The molecule has 2 unspecified atom stereocenters. The highest BCUT2D eigenvalue weighted by Gasteiger charge is 2.61. The minimum Gasteiger partial charge on any atom is -0.480 e. The summed E-state index contributed by atoms with van der Waals surface area (Å²) in [6, 6.07) is 4.65. The summed E-state index contributed by atoms with van der Waals surface area (Å²) in [6.45, 7) is 0. The summed E-state index contributed by atoms with van der Waals surface area (Å²) in [7, 11) is 0. The Morgan fingerprint density at radius 1 is 1.41 bits per heavy atom. The van der Waals surface area contributed by atoms with Crippen molar-refractivity contribution in [3.63, 3.8) is 0 Å². The summed E-state index contributed by atoms with van der Waals surface area (Å²) < 4.78 is 0. The molecule has 1 aromatic rings. The molecule has 0 heterocycles. The summed E-state index contributed by atoms with van der Waals surface area (Å²) in [6.07, 6.45) is 0.129. The Morgan fingerprint density at radius 2 is 2.06 bits per heavy atom. The van der Waals surface area contributed by atoms with E-state index in [1.54, 1.807) is 12.1 Å². The minimum absolute atomic E-state index is 0.129. The third-order valence-electron chi connectivity index (χ3n) is 2.94. The van der Waals surface area contributed by atoms with E-state index in [1.165, 1.54) is 6.07 Å². The third-order valence-corrected chi connectivity index (χ3v) is 3.75. The second-order valence-corrected chi connectivity index (χ2v) is 4.85. The van der Waals surface area contributed by atoms with Gasteiger partial charge in [-0.3, -0.25) is 9.59 Å². The first-order valence-electron chi connectivity index (χ1n) is 4.88. The maximum absolute atomic E-state index is 12.0. The van der Waals surface area contributed by atoms with Crippen molar-refractivity contribution >= 4 is 35.0 Å². The Morgan fingerprint density at radius 3 is 2.59 bits per heavy atom. The number of nitrogens with two attached hydrogens (primary N) is 1. The van der Waals surface area contributed by atoms with Crippen molar-refractivity contribution < 1.29 is 14.7 Å². The van der Waals surface area contributed by atoms with Gasteiger partial charge in [0.15, 0.2) is 5.78 Å². The first-order chi connectivity index (χ1) is 7.88. The van der Waals surface area contributed by atoms with Crippen LogP contribution < -0.4 is 5.73 Å². The van der Waals surface area contributed by atoms with E-state index in [-0.39, 0.29) is 27.8 Å². The lowest BCUT2D eigenvalue weighted by Gasteiger charge is -2.07. The molecule has 90 valence electrons. The third kappa shape index (κ3) is 1.92. The van der Waals surface area contributed by atoms with Crippen molar-refractivity contribution in [3.8, 4) is 0 Å². The van der Waals surface area contributed by atoms with E-state index >= 15 is 0 Å². The molecule has 0 aromatic heterocycles. The summed E-state index contributed by atoms with van der Waals surface area (Å²) in [4.78, 5) is 22.9. The molecule has 0 bridgehead atoms. The molecule has 1 aliphatic carbocycles. The summed E-state index contributed by atoms with van der Waals surface area (Å²) >= 11 is 11.7. The maximum Gasteiger partial charge on any atom is 0.324 e. The first-order valence-corrected chi connectivity index (χ1v) is 5.64. The van der Waals surface area contributed by atoms with Crippen LogP contribution in [0, 0.1) is 5.92 Å². The number of aliphatic carboxylic acids is 1. The lowest BCUT2D eigenvalue weighted by Crippen LogP contribution is -2.36. The predicted octanol–water partition coefficient (Wildman–Crippen LogP) is 1.98. The highest BCUT2D eigenvalue weighted by Crippen LogP contribution is 2.44. The second-order valence-electron chi connectivity index (χ2n) is 4.07. The molecular weight excluding hydrogens is 265 g/mol. The van der Waals surface area contributed by atoms with Crippen molar-refractivity contribution in [2.75, 3.05) is 0 Å². The molecule has 0 radical (unpaired) electrons. The number of hydrogen-bond donors (Lipinski definition) is 2. The average molecular weight is 274 g/mol. The van der Waals surface area contributed by atoms with Crippen LogP contribution in [0.3, 0.4) is 0 Å². The Bertz CT molecular complexity index is 517. The summed E-state index contributed by atoms with van der Waals surface area (Å²) in [5.41, 5.74) is 4.33. The summed E-state index contributed by atoms with van der Waals surface area (Å²) in [5.74, 6) is -2.27. The van der Waals surface area contributed by atoms with E-state index < -0.39 is 17.4 Å². The SMILES string of the molecule is NC1(C(=O)O)CC1C(=O)c1cccc(Cl)c1Cl. The van der Waals surface area contributed by atoms with E-state index in [0.717, 1.165) is 0 Å². The number of carboxylic acids is 1. The average Bonchev–Trinajstić information content (AvgIpc) is 2.96. The Labute approximate surface area is 107 Å². The number of benzene rings is 1. The van der Waals surface area contributed by atoms with E-state index in [1.807, 2.05) is 0 Å². The van der Waals surface area contributed by atoms with Crippen molar-refractivity contribution in [1.29, 1.82) is 0 Å². The summed E-state index contributed by atoms with van der Waals surface area (Å²) in [5, 5.41) is 9.26. The number of carboxylic acid groups (broad SMARTS) is 1. The van der Waals surface area contributed by atoms with E-state index in [0.29, 0.717) is 0 Å². The van der Waals surface area contributed by atoms with Crippen LogP contribution in [-0.4, -0.2) is 22.4 Å². The van der Waals surface area contributed by atoms with Crippen molar-refractivity contribution in [3.05, 3.63) is 33.8 Å². The zero-order valence-electron chi connectivity index (χ0n) is 8.61. The Balaban J connectivity index is 2.29. The number of ketones is 1. The van der Waals surface area contributed by atoms with Crippen LogP contribution in [0.2, 0.25) is 10.0 Å². The van der Waals surface area contributed by atoms with Crippen LogP contribution in [0.25, 0.3) is 0 Å². The van der Waals surface area contributed by atoms with Gasteiger partial charge in [0, 0.05) is 5.56 Å². The van der Waals surface area contributed by atoms with Gasteiger partial charge in [0.05, 0.1) is 16.0 Å². The molecule has 1 saturated carbocycles. The smallest absolute Gasteiger partial charge is 0.324 e. The molecule has 4 nitrogen and oxygen atoms in total. The quantitative estimate of drug-likeness (QED) is 0.826. The van der Waals surface area contributed by atoms with Gasteiger partial charge in [-0.15, -0.1) is 0 Å². The van der Waals surface area contributed by atoms with Crippen molar-refractivity contribution in [2.45, 2.75) is 12.0 Å². The van der Waals surface area contributed by atoms with Crippen LogP contribution in [-0.2, 0) is 4.79 Å². The number of rotatable bonds is 3. The minimum atomic E-state index is -1.46. The number of hydrogen-bond acceptors (Lipinski definition) is 3. The molecule has 3 N–H and O–H groups in total. The molecule has 1 aromatic carbocycles. The highest BCUT2D eigenvalue weighted by atomic mass is 35.5. The van der Waals surface area contributed by atoms with Gasteiger partial charge in [-0.05, 0) is 18.6 Å². The fraction of sp³-hybridized carbons (Fsp3) is 0.273. The number of Topliss-reactive ketones (excluding diaryl/α,β-unsaturated/α-hetero) is 1. The Hall–Kier alpha value is -1.10. The Kier molecular flexibility index (Phi) is 2.89. The predicted molar refractivity (Wildman–Crippen MR) is 63.5 cm³/mol. The zero-order valence-corrected chi connectivity index (χ0v) is 10.1. The fourth-order valence-corrected chi connectivity index (χ4v) is 2.12. The fourth-order valence-electron chi connectivity index (χ4n) is 1.72. The molecule has 1 aliphatic rings. The molecule has 17 heavy (non-hydrogen) atoms. The van der Waals surface area contributed by atoms with Crippen LogP contribution in [0.5, 0.6) is 0 Å². The van der Waals surface area contributed by atoms with Gasteiger partial charge in [-0.2, -0.15) is 0 Å². The molecule has 6 heteroatoms. The second kappa shape index (κ2) is 3.98. The van der Waals surface area contributed by atoms with Crippen molar-refractivity contribution in [1.82, 2.24) is 0 Å². The van der Waals surface area contributed by atoms with Crippen LogP contribution in [0.1, 0.15) is 16.8 Å². The van der Waals surface area contributed by atoms with Crippen LogP contribution in [0.4, 0.5) is 0 Å². The van der Waals surface area contributed by atoms with E-state index in [4.69, 9.17) is 34.0 Å². The first kappa shape index (κ1) is 12.4. The van der Waals surface area contributed by atoms with E-state index in [9.17, 15) is 9.59 Å². The number of carbonyl (C=O) groups excluding carboxylic acids is 1. The topological polar surface area (TPSA) is 80.4 Å². The van der Waals surface area contributed by atoms with Crippen molar-refractivity contribution in [2.24, 2.45) is 11.7 Å². The monoisotopic (exact) mass is 273 g/mol. The van der Waals surface area contributed by atoms with Gasteiger partial charge in [0.2, 0.25) is 0 Å². The molecule has 2 atom stereocenters. The molecule has 0 saturated heterocycles. The van der Waals surface area contributed by atoms with Crippen LogP contribution >= 0.6 is 23.2 Å². The van der Waals surface area contributed by atoms with E-state index in [2.05, 4.69) is 0 Å². The lowest BCUT2D eigenvalue weighted by atomic mass is 10.0. The van der Waals surface area contributed by atoms with Gasteiger partial charge in [0.25, 0.3) is 0 Å². The normalized spacial score (nSPS) is 26.6. The van der Waals surface area contributed by atoms with Gasteiger partial charge in [-0.25, -0.2) is 0 Å². The van der Waals surface area contributed by atoms with Gasteiger partial charge < -0.3 is 10.8 Å². The van der Waals surface area contributed by atoms with Gasteiger partial charge >= 0.3 is 5.97 Å². The van der Waals surface area contributed by atoms with Gasteiger partial charge in [-0.1, -0.05) is 29.3 Å². The van der Waals surface area contributed by atoms with Gasteiger partial charge in [0.1, 0.15) is 5.54 Å². The molecule has 0 spiro atoms. The number of carbonyl (C=O) groups is 2. The zero-order chi connectivity index (χ0) is 12.8. The highest BCUT2D eigenvalue weighted by molar-refractivity contribution is 6.44. The molecule has 2 rings (SSSR count). The largest absolute Gasteiger partial charge is 0.480 e. The number of halogens is 2. The lowest BCUT2D eigenvalue weighted by molar-refractivity contribution is -0.139. The van der Waals surface area contributed by atoms with Crippen LogP contribution in [0.15, 0.2) is 18.2 Å².